The smallest absolute Gasteiger partial charge is 0.306 e. The van der Waals surface area contributed by atoms with Crippen LogP contribution in [0.4, 0.5) is 0 Å². The molecule has 1 aromatic rings. The first-order valence-electron chi connectivity index (χ1n) is 5.81. The first-order chi connectivity index (χ1) is 8.09. The topological polar surface area (TPSA) is 88.2 Å². The molecule has 0 aliphatic rings. The van der Waals surface area contributed by atoms with Gasteiger partial charge >= 0.3 is 5.97 Å². The summed E-state index contributed by atoms with van der Waals surface area (Å²) in [5.41, 5.74) is 0. The zero-order valence-electron chi connectivity index (χ0n) is 10.2. The number of nitrogens with one attached hydrogen (secondary N) is 1. The SMILES string of the molecule is CC(CCCC(C)C(=O)O)NCc1ncon1. The van der Waals surface area contributed by atoms with Crippen molar-refractivity contribution >= 4 is 5.97 Å². The molecule has 1 rings (SSSR count). The second-order valence-corrected chi connectivity index (χ2v) is 4.30. The first-order valence-corrected chi connectivity index (χ1v) is 5.81. The van der Waals surface area contributed by atoms with Gasteiger partial charge < -0.3 is 14.9 Å². The predicted molar refractivity (Wildman–Crippen MR) is 61.3 cm³/mol. The lowest BCUT2D eigenvalue weighted by Gasteiger charge is -2.13. The van der Waals surface area contributed by atoms with Crippen molar-refractivity contribution in [2.75, 3.05) is 0 Å². The van der Waals surface area contributed by atoms with E-state index in [9.17, 15) is 4.79 Å². The number of carboxylic acid groups (broad SMARTS) is 1. The van der Waals surface area contributed by atoms with E-state index in [1.807, 2.05) is 0 Å². The Hall–Kier alpha value is -1.43. The number of nitrogens with zero attached hydrogens (tertiary/aromatic N) is 2. The van der Waals surface area contributed by atoms with Gasteiger partial charge in [0.1, 0.15) is 0 Å². The summed E-state index contributed by atoms with van der Waals surface area (Å²) < 4.78 is 4.62. The van der Waals surface area contributed by atoms with Gasteiger partial charge in [0.05, 0.1) is 12.5 Å². The minimum atomic E-state index is -0.725. The summed E-state index contributed by atoms with van der Waals surface area (Å²) in [7, 11) is 0. The lowest BCUT2D eigenvalue weighted by molar-refractivity contribution is -0.141. The van der Waals surface area contributed by atoms with Crippen LogP contribution in [0.3, 0.4) is 0 Å². The molecule has 0 saturated heterocycles. The molecule has 17 heavy (non-hydrogen) atoms. The van der Waals surface area contributed by atoms with Crippen LogP contribution in [0.15, 0.2) is 10.9 Å². The normalized spacial score (nSPS) is 14.5. The fraction of sp³-hybridized carbons (Fsp3) is 0.727. The molecule has 1 heterocycles. The van der Waals surface area contributed by atoms with Gasteiger partial charge in [-0.05, 0) is 19.8 Å². The molecule has 0 spiro atoms. The van der Waals surface area contributed by atoms with Crippen LogP contribution in [0.1, 0.15) is 38.9 Å². The monoisotopic (exact) mass is 241 g/mol. The molecule has 0 fully saturated rings. The Balaban J connectivity index is 2.09. The Morgan fingerprint density at radius 3 is 2.88 bits per heavy atom. The third kappa shape index (κ3) is 5.44. The summed E-state index contributed by atoms with van der Waals surface area (Å²) in [5, 5.41) is 15.7. The second kappa shape index (κ2) is 7.01. The van der Waals surface area contributed by atoms with Gasteiger partial charge in [0.25, 0.3) is 0 Å². The third-order valence-corrected chi connectivity index (χ3v) is 2.71. The number of aliphatic carboxylic acids is 1. The highest BCUT2D eigenvalue weighted by atomic mass is 16.5. The lowest BCUT2D eigenvalue weighted by Crippen LogP contribution is -2.26. The Morgan fingerprint density at radius 1 is 1.53 bits per heavy atom. The molecular formula is C11H19N3O3. The van der Waals surface area contributed by atoms with Crippen molar-refractivity contribution < 1.29 is 14.4 Å². The van der Waals surface area contributed by atoms with E-state index in [0.717, 1.165) is 12.8 Å². The average molecular weight is 241 g/mol. The summed E-state index contributed by atoms with van der Waals surface area (Å²) >= 11 is 0. The van der Waals surface area contributed by atoms with Crippen LogP contribution in [-0.4, -0.2) is 27.3 Å². The molecule has 0 aromatic carbocycles. The van der Waals surface area contributed by atoms with Crippen LogP contribution in [0.2, 0.25) is 0 Å². The van der Waals surface area contributed by atoms with E-state index in [0.29, 0.717) is 24.8 Å². The van der Waals surface area contributed by atoms with E-state index in [4.69, 9.17) is 5.11 Å². The Bertz CT molecular complexity index is 327. The number of hydrogen-bond donors (Lipinski definition) is 2. The van der Waals surface area contributed by atoms with Gasteiger partial charge in [0, 0.05) is 6.04 Å². The van der Waals surface area contributed by atoms with Crippen molar-refractivity contribution in [1.82, 2.24) is 15.5 Å². The van der Waals surface area contributed by atoms with E-state index in [1.54, 1.807) is 6.92 Å². The van der Waals surface area contributed by atoms with E-state index >= 15 is 0 Å². The lowest BCUT2D eigenvalue weighted by atomic mass is 10.0. The summed E-state index contributed by atoms with van der Waals surface area (Å²) in [6.07, 6.45) is 3.85. The van der Waals surface area contributed by atoms with Crippen LogP contribution in [0.25, 0.3) is 0 Å². The minimum absolute atomic E-state index is 0.264. The standard InChI is InChI=1S/C11H19N3O3/c1-8(11(15)16)4-3-5-9(2)12-6-10-13-7-17-14-10/h7-9,12H,3-6H2,1-2H3,(H,15,16). The number of hydrogen-bond acceptors (Lipinski definition) is 5. The van der Waals surface area contributed by atoms with Crippen LogP contribution >= 0.6 is 0 Å². The van der Waals surface area contributed by atoms with Gasteiger partial charge in [-0.3, -0.25) is 4.79 Å². The maximum absolute atomic E-state index is 10.6. The maximum Gasteiger partial charge on any atom is 0.306 e. The Morgan fingerprint density at radius 2 is 2.29 bits per heavy atom. The quantitative estimate of drug-likeness (QED) is 0.716. The van der Waals surface area contributed by atoms with Gasteiger partial charge in [0.15, 0.2) is 5.82 Å². The molecule has 0 bridgehead atoms. The van der Waals surface area contributed by atoms with Crippen LogP contribution in [-0.2, 0) is 11.3 Å². The summed E-state index contributed by atoms with van der Waals surface area (Å²) in [4.78, 5) is 14.5. The summed E-state index contributed by atoms with van der Waals surface area (Å²) in [6, 6.07) is 0.314. The van der Waals surface area contributed by atoms with Crippen LogP contribution in [0, 0.1) is 5.92 Å². The molecule has 6 nitrogen and oxygen atoms in total. The highest BCUT2D eigenvalue weighted by molar-refractivity contribution is 5.69. The van der Waals surface area contributed by atoms with E-state index in [1.165, 1.54) is 6.39 Å². The molecule has 0 radical (unpaired) electrons. The molecule has 0 saturated carbocycles. The van der Waals surface area contributed by atoms with Crippen LogP contribution < -0.4 is 5.32 Å². The van der Waals surface area contributed by atoms with Gasteiger partial charge in [-0.15, -0.1) is 0 Å². The van der Waals surface area contributed by atoms with E-state index < -0.39 is 5.97 Å². The van der Waals surface area contributed by atoms with Gasteiger partial charge in [-0.25, -0.2) is 0 Å². The molecule has 0 amide bonds. The molecule has 96 valence electrons. The van der Waals surface area contributed by atoms with Crippen molar-refractivity contribution in [2.45, 2.75) is 45.7 Å². The fourth-order valence-electron chi connectivity index (χ4n) is 1.49. The minimum Gasteiger partial charge on any atom is -0.481 e. The van der Waals surface area contributed by atoms with Crippen molar-refractivity contribution in [3.05, 3.63) is 12.2 Å². The predicted octanol–water partition coefficient (Wildman–Crippen LogP) is 1.44. The fourth-order valence-corrected chi connectivity index (χ4v) is 1.49. The van der Waals surface area contributed by atoms with E-state index in [-0.39, 0.29) is 5.92 Å². The number of carboxylic acids is 1. The van der Waals surface area contributed by atoms with Crippen LogP contribution in [0.5, 0.6) is 0 Å². The molecule has 2 atom stereocenters. The second-order valence-electron chi connectivity index (χ2n) is 4.30. The molecule has 1 aromatic heterocycles. The van der Waals surface area contributed by atoms with E-state index in [2.05, 4.69) is 26.9 Å². The molecule has 6 heteroatoms. The van der Waals surface area contributed by atoms with Gasteiger partial charge in [-0.2, -0.15) is 4.98 Å². The highest BCUT2D eigenvalue weighted by Gasteiger charge is 2.11. The average Bonchev–Trinajstić information content (AvgIpc) is 2.78. The van der Waals surface area contributed by atoms with Gasteiger partial charge in [-0.1, -0.05) is 18.5 Å². The zero-order valence-corrected chi connectivity index (χ0v) is 10.2. The van der Waals surface area contributed by atoms with Crippen molar-refractivity contribution in [3.63, 3.8) is 0 Å². The molecule has 2 unspecified atom stereocenters. The largest absolute Gasteiger partial charge is 0.481 e. The number of aromatic nitrogens is 2. The zero-order chi connectivity index (χ0) is 12.7. The highest BCUT2D eigenvalue weighted by Crippen LogP contribution is 2.09. The Kier molecular flexibility index (Phi) is 5.62. The maximum atomic E-state index is 10.6. The Labute approximate surface area is 100 Å². The molecular weight excluding hydrogens is 222 g/mol. The van der Waals surface area contributed by atoms with Gasteiger partial charge in [0.2, 0.25) is 6.39 Å². The number of carbonyl (C=O) groups is 1. The molecule has 0 aliphatic carbocycles. The third-order valence-electron chi connectivity index (χ3n) is 2.71. The van der Waals surface area contributed by atoms with Crippen molar-refractivity contribution in [3.8, 4) is 0 Å². The molecule has 0 aliphatic heterocycles. The first kappa shape index (κ1) is 13.6. The van der Waals surface area contributed by atoms with Crippen molar-refractivity contribution in [1.29, 1.82) is 0 Å². The summed E-state index contributed by atoms with van der Waals surface area (Å²) in [5.74, 6) is -0.354. The van der Waals surface area contributed by atoms with Crippen molar-refractivity contribution in [2.24, 2.45) is 5.92 Å². The summed E-state index contributed by atoms with van der Waals surface area (Å²) in [6.45, 7) is 4.37. The number of rotatable bonds is 8. The molecule has 2 N–H and O–H groups in total.